The van der Waals surface area contributed by atoms with Crippen LogP contribution in [0.5, 0.6) is 5.75 Å². The van der Waals surface area contributed by atoms with Crippen LogP contribution in [0.3, 0.4) is 0 Å². The molecule has 2 aromatic carbocycles. The van der Waals surface area contributed by atoms with Gasteiger partial charge in [-0.15, -0.1) is 0 Å². The molecule has 2 aromatic rings. The van der Waals surface area contributed by atoms with Crippen LogP contribution in [0.1, 0.15) is 25.3 Å². The lowest BCUT2D eigenvalue weighted by molar-refractivity contribution is -0.111. The van der Waals surface area contributed by atoms with E-state index in [1.54, 1.807) is 19.2 Å². The molecule has 1 N–H and O–H groups in total. The van der Waals surface area contributed by atoms with Crippen molar-refractivity contribution >= 4 is 22.9 Å². The Morgan fingerprint density at radius 2 is 1.90 bits per heavy atom. The Morgan fingerprint density at radius 3 is 2.53 bits per heavy atom. The third kappa shape index (κ3) is 5.19. The molecule has 0 bridgehead atoms. The molecule has 0 saturated carbocycles. The Kier molecular flexibility index (Phi) is 7.11. The van der Waals surface area contributed by atoms with Crippen LogP contribution in [-0.2, 0) is 4.79 Å². The van der Waals surface area contributed by atoms with Crippen molar-refractivity contribution < 1.29 is 13.9 Å². The number of benzene rings is 2. The fourth-order valence-corrected chi connectivity index (χ4v) is 3.89. The molecule has 0 radical (unpaired) electrons. The van der Waals surface area contributed by atoms with Crippen molar-refractivity contribution in [2.75, 3.05) is 44.5 Å². The van der Waals surface area contributed by atoms with Crippen molar-refractivity contribution in [3.05, 3.63) is 59.9 Å². The Bertz CT molecular complexity index is 918. The highest BCUT2D eigenvalue weighted by Crippen LogP contribution is 2.28. The SMILES string of the molecule is COc1ccccc1C(C)=CC(=O)Nc1ccc(N2CCC(N(C)C)CC2)c(F)c1. The molecular weight excluding hydrogens is 381 g/mol. The Hall–Kier alpha value is -2.86. The molecule has 1 aliphatic rings. The number of halogens is 1. The van der Waals surface area contributed by atoms with Crippen molar-refractivity contribution in [3.8, 4) is 5.75 Å². The predicted octanol–water partition coefficient (Wildman–Crippen LogP) is 4.41. The lowest BCUT2D eigenvalue weighted by Gasteiger charge is -2.36. The number of nitrogens with one attached hydrogen (secondary N) is 1. The van der Waals surface area contributed by atoms with Crippen molar-refractivity contribution in [3.63, 3.8) is 0 Å². The molecule has 1 saturated heterocycles. The molecule has 1 amide bonds. The fourth-order valence-electron chi connectivity index (χ4n) is 3.89. The lowest BCUT2D eigenvalue weighted by atomic mass is 10.0. The smallest absolute Gasteiger partial charge is 0.248 e. The monoisotopic (exact) mass is 411 g/mol. The summed E-state index contributed by atoms with van der Waals surface area (Å²) in [7, 11) is 5.77. The van der Waals surface area contributed by atoms with Crippen molar-refractivity contribution in [2.45, 2.75) is 25.8 Å². The van der Waals surface area contributed by atoms with Gasteiger partial charge in [0.05, 0.1) is 12.8 Å². The van der Waals surface area contributed by atoms with Gasteiger partial charge in [0.15, 0.2) is 0 Å². The van der Waals surface area contributed by atoms with Crippen LogP contribution < -0.4 is 15.0 Å². The minimum Gasteiger partial charge on any atom is -0.496 e. The zero-order chi connectivity index (χ0) is 21.7. The fraction of sp³-hybridized carbons (Fsp3) is 0.375. The van der Waals surface area contributed by atoms with Gasteiger partial charge in [0.25, 0.3) is 0 Å². The first kappa shape index (κ1) is 21.8. The summed E-state index contributed by atoms with van der Waals surface area (Å²) in [4.78, 5) is 16.7. The second-order valence-corrected chi connectivity index (χ2v) is 7.86. The first-order chi connectivity index (χ1) is 14.4. The maximum absolute atomic E-state index is 14.7. The Balaban J connectivity index is 1.66. The number of rotatable bonds is 6. The normalized spacial score (nSPS) is 15.4. The lowest BCUT2D eigenvalue weighted by Crippen LogP contribution is -2.42. The van der Waals surface area contributed by atoms with Gasteiger partial charge in [-0.2, -0.15) is 0 Å². The van der Waals surface area contributed by atoms with Crippen LogP contribution in [0, 0.1) is 5.82 Å². The summed E-state index contributed by atoms with van der Waals surface area (Å²) < 4.78 is 20.1. The van der Waals surface area contributed by atoms with Gasteiger partial charge < -0.3 is 19.9 Å². The Labute approximate surface area is 178 Å². The third-order valence-electron chi connectivity index (χ3n) is 5.63. The maximum atomic E-state index is 14.7. The van der Waals surface area contributed by atoms with Crippen LogP contribution >= 0.6 is 0 Å². The molecule has 5 nitrogen and oxygen atoms in total. The van der Waals surface area contributed by atoms with E-state index < -0.39 is 0 Å². The van der Waals surface area contributed by atoms with E-state index in [1.807, 2.05) is 31.2 Å². The molecule has 0 unspecified atom stereocenters. The number of anilines is 2. The molecule has 3 rings (SSSR count). The van der Waals surface area contributed by atoms with Gasteiger partial charge in [-0.3, -0.25) is 4.79 Å². The van der Waals surface area contributed by atoms with Gasteiger partial charge >= 0.3 is 0 Å². The molecule has 0 aromatic heterocycles. The predicted molar refractivity (Wildman–Crippen MR) is 121 cm³/mol. The number of hydrogen-bond donors (Lipinski definition) is 1. The average molecular weight is 412 g/mol. The van der Waals surface area contributed by atoms with Crippen LogP contribution in [0.15, 0.2) is 48.5 Å². The van der Waals surface area contributed by atoms with E-state index in [9.17, 15) is 9.18 Å². The maximum Gasteiger partial charge on any atom is 0.248 e. The number of carbonyl (C=O) groups excluding carboxylic acids is 1. The summed E-state index contributed by atoms with van der Waals surface area (Å²) in [6.45, 7) is 3.50. The first-order valence-electron chi connectivity index (χ1n) is 10.2. The van der Waals surface area contributed by atoms with Crippen molar-refractivity contribution in [1.82, 2.24) is 4.90 Å². The number of amides is 1. The number of carbonyl (C=O) groups is 1. The van der Waals surface area contributed by atoms with E-state index in [0.717, 1.165) is 37.1 Å². The van der Waals surface area contributed by atoms with Gasteiger partial charge in [0.1, 0.15) is 11.6 Å². The van der Waals surface area contributed by atoms with Crippen LogP contribution in [0.4, 0.5) is 15.8 Å². The van der Waals surface area contributed by atoms with Crippen LogP contribution in [0.2, 0.25) is 0 Å². The summed E-state index contributed by atoms with van der Waals surface area (Å²) in [5, 5.41) is 2.75. The largest absolute Gasteiger partial charge is 0.496 e. The minimum atomic E-state index is -0.318. The van der Waals surface area contributed by atoms with E-state index in [0.29, 0.717) is 23.2 Å². The first-order valence-corrected chi connectivity index (χ1v) is 10.2. The van der Waals surface area contributed by atoms with Crippen molar-refractivity contribution in [1.29, 1.82) is 0 Å². The summed E-state index contributed by atoms with van der Waals surface area (Å²) in [5.74, 6) is 0.0753. The topological polar surface area (TPSA) is 44.8 Å². The average Bonchev–Trinajstić information content (AvgIpc) is 2.73. The number of nitrogens with zero attached hydrogens (tertiary/aromatic N) is 2. The summed E-state index contributed by atoms with van der Waals surface area (Å²) >= 11 is 0. The highest BCUT2D eigenvalue weighted by Gasteiger charge is 2.22. The molecular formula is C24H30FN3O2. The van der Waals surface area contributed by atoms with Crippen LogP contribution in [0.25, 0.3) is 5.57 Å². The summed E-state index contributed by atoms with van der Waals surface area (Å²) in [5.41, 5.74) is 2.64. The summed E-state index contributed by atoms with van der Waals surface area (Å²) in [6.07, 6.45) is 3.52. The van der Waals surface area contributed by atoms with E-state index in [-0.39, 0.29) is 11.7 Å². The second kappa shape index (κ2) is 9.76. The molecule has 1 fully saturated rings. The standard InChI is InChI=1S/C24H30FN3O2/c1-17(20-7-5-6-8-23(20)30-4)15-24(29)26-18-9-10-22(21(25)16-18)28-13-11-19(12-14-28)27(2)3/h5-10,15-16,19H,11-14H2,1-4H3,(H,26,29). The number of allylic oxidation sites excluding steroid dienone is 1. The summed E-state index contributed by atoms with van der Waals surface area (Å²) in [6, 6.07) is 12.9. The molecule has 0 spiro atoms. The number of hydrogen-bond acceptors (Lipinski definition) is 4. The van der Waals surface area contributed by atoms with E-state index >= 15 is 0 Å². The van der Waals surface area contributed by atoms with Crippen molar-refractivity contribution in [2.24, 2.45) is 0 Å². The van der Waals surface area contributed by atoms with Gasteiger partial charge in [-0.1, -0.05) is 18.2 Å². The molecule has 1 heterocycles. The van der Waals surface area contributed by atoms with Gasteiger partial charge in [-0.05, 0) is 63.7 Å². The van der Waals surface area contributed by atoms with E-state index in [1.165, 1.54) is 12.1 Å². The van der Waals surface area contributed by atoms with Gasteiger partial charge in [-0.25, -0.2) is 4.39 Å². The second-order valence-electron chi connectivity index (χ2n) is 7.86. The highest BCUT2D eigenvalue weighted by molar-refractivity contribution is 6.04. The molecule has 1 aliphatic heterocycles. The zero-order valence-electron chi connectivity index (χ0n) is 18.1. The minimum absolute atomic E-state index is 0.308. The number of ether oxygens (including phenoxy) is 1. The van der Waals surface area contributed by atoms with E-state index in [2.05, 4.69) is 29.2 Å². The molecule has 160 valence electrons. The zero-order valence-corrected chi connectivity index (χ0v) is 18.1. The number of methoxy groups -OCH3 is 1. The van der Waals surface area contributed by atoms with E-state index in [4.69, 9.17) is 4.74 Å². The molecule has 6 heteroatoms. The number of para-hydroxylation sites is 1. The molecule has 0 aliphatic carbocycles. The molecule has 30 heavy (non-hydrogen) atoms. The molecule has 0 atom stereocenters. The third-order valence-corrected chi connectivity index (χ3v) is 5.63. The Morgan fingerprint density at radius 1 is 1.20 bits per heavy atom. The van der Waals surface area contributed by atoms with Gasteiger partial charge in [0.2, 0.25) is 5.91 Å². The van der Waals surface area contributed by atoms with Crippen LogP contribution in [-0.4, -0.2) is 51.1 Å². The number of piperidine rings is 1. The highest BCUT2D eigenvalue weighted by atomic mass is 19.1. The van der Waals surface area contributed by atoms with Gasteiger partial charge in [0, 0.05) is 36.5 Å². The quantitative estimate of drug-likeness (QED) is 0.716.